The van der Waals surface area contributed by atoms with Gasteiger partial charge in [0.15, 0.2) is 6.10 Å². The van der Waals surface area contributed by atoms with Gasteiger partial charge in [0.1, 0.15) is 5.75 Å². The van der Waals surface area contributed by atoms with E-state index in [1.165, 1.54) is 5.56 Å². The van der Waals surface area contributed by atoms with E-state index in [-0.39, 0.29) is 6.10 Å². The number of rotatable bonds is 0. The van der Waals surface area contributed by atoms with E-state index in [1.807, 2.05) is 42.5 Å². The Balaban J connectivity index is 1.81. The Morgan fingerprint density at radius 2 is 1.95 bits per heavy atom. The lowest BCUT2D eigenvalue weighted by Crippen LogP contribution is -2.14. The van der Waals surface area contributed by atoms with Gasteiger partial charge < -0.3 is 4.74 Å². The summed E-state index contributed by atoms with van der Waals surface area (Å²) in [5.41, 5.74) is 3.35. The number of para-hydroxylation sites is 1. The highest BCUT2D eigenvalue weighted by atomic mass is 16.5. The van der Waals surface area contributed by atoms with Crippen LogP contribution in [0.5, 0.6) is 5.75 Å². The largest absolute Gasteiger partial charge is 0.473 e. The number of fused-ring (bicyclic) bond motifs is 1. The predicted octanol–water partition coefficient (Wildman–Crippen LogP) is 3.82. The molecule has 0 amide bonds. The summed E-state index contributed by atoms with van der Waals surface area (Å²) < 4.78 is 5.82. The molecule has 1 nitrogen and oxygen atoms in total. The number of benzene rings is 2. The molecule has 0 fully saturated rings. The Morgan fingerprint density at radius 3 is 2.84 bits per heavy atom. The monoisotopic (exact) mass is 246 g/mol. The first kappa shape index (κ1) is 11.6. The van der Waals surface area contributed by atoms with Crippen molar-refractivity contribution in [2.75, 3.05) is 0 Å². The van der Waals surface area contributed by atoms with Crippen LogP contribution in [0.1, 0.15) is 16.7 Å². The van der Waals surface area contributed by atoms with Crippen LogP contribution in [-0.2, 0) is 0 Å². The van der Waals surface area contributed by atoms with Crippen LogP contribution in [0.2, 0.25) is 0 Å². The molecule has 19 heavy (non-hydrogen) atoms. The summed E-state index contributed by atoms with van der Waals surface area (Å²) in [6, 6.07) is 16.2. The van der Waals surface area contributed by atoms with Crippen LogP contribution < -0.4 is 4.74 Å². The minimum Gasteiger partial charge on any atom is -0.473 e. The minimum absolute atomic E-state index is 0.171. The number of hydrogen-bond donors (Lipinski definition) is 0. The molecule has 1 unspecified atom stereocenters. The van der Waals surface area contributed by atoms with Gasteiger partial charge in [-0.15, -0.1) is 0 Å². The van der Waals surface area contributed by atoms with Crippen LogP contribution in [-0.4, -0.2) is 6.10 Å². The van der Waals surface area contributed by atoms with Crippen molar-refractivity contribution < 1.29 is 4.74 Å². The average Bonchev–Trinajstić information content (AvgIpc) is 2.45. The van der Waals surface area contributed by atoms with Crippen LogP contribution in [0.25, 0.3) is 6.08 Å². The molecule has 1 heteroatoms. The fourth-order valence-corrected chi connectivity index (χ4v) is 2.05. The first-order valence-electron chi connectivity index (χ1n) is 6.33. The third kappa shape index (κ3) is 2.69. The second-order valence-corrected chi connectivity index (χ2v) is 4.57. The Kier molecular flexibility index (Phi) is 3.08. The van der Waals surface area contributed by atoms with Crippen molar-refractivity contribution in [1.82, 2.24) is 0 Å². The molecule has 0 aliphatic carbocycles. The molecule has 0 N–H and O–H groups in total. The topological polar surface area (TPSA) is 9.23 Å². The molecule has 0 bridgehead atoms. The Hall–Kier alpha value is -2.46. The van der Waals surface area contributed by atoms with E-state index in [1.54, 1.807) is 0 Å². The van der Waals surface area contributed by atoms with E-state index in [9.17, 15) is 0 Å². The summed E-state index contributed by atoms with van der Waals surface area (Å²) in [6.45, 7) is 2.07. The number of aryl methyl sites for hydroxylation is 1. The summed E-state index contributed by atoms with van der Waals surface area (Å²) in [5, 5.41) is 0. The SMILES string of the molecule is Cc1cccc(C#CC2C=Cc3ccccc3O2)c1. The molecule has 2 aromatic carbocycles. The zero-order chi connectivity index (χ0) is 13.1. The van der Waals surface area contributed by atoms with E-state index in [0.717, 1.165) is 16.9 Å². The summed E-state index contributed by atoms with van der Waals surface area (Å²) in [6.07, 6.45) is 3.88. The molecular weight excluding hydrogens is 232 g/mol. The maximum absolute atomic E-state index is 5.82. The first-order valence-corrected chi connectivity index (χ1v) is 6.33. The number of hydrogen-bond acceptors (Lipinski definition) is 1. The zero-order valence-corrected chi connectivity index (χ0v) is 10.8. The van der Waals surface area contributed by atoms with Gasteiger partial charge in [0.2, 0.25) is 0 Å². The quantitative estimate of drug-likeness (QED) is 0.642. The summed E-state index contributed by atoms with van der Waals surface area (Å²) in [7, 11) is 0. The first-order chi connectivity index (χ1) is 9.31. The van der Waals surface area contributed by atoms with Crippen molar-refractivity contribution in [2.45, 2.75) is 13.0 Å². The third-order valence-electron chi connectivity index (χ3n) is 3.00. The maximum atomic E-state index is 5.82. The maximum Gasteiger partial charge on any atom is 0.178 e. The van der Waals surface area contributed by atoms with E-state index in [4.69, 9.17) is 4.74 Å². The van der Waals surface area contributed by atoms with Gasteiger partial charge in [-0.1, -0.05) is 42.3 Å². The minimum atomic E-state index is -0.171. The normalized spacial score (nSPS) is 15.9. The summed E-state index contributed by atoms with van der Waals surface area (Å²) >= 11 is 0. The molecule has 3 rings (SSSR count). The third-order valence-corrected chi connectivity index (χ3v) is 3.00. The molecule has 1 atom stereocenters. The van der Waals surface area contributed by atoms with Crippen LogP contribution in [0.4, 0.5) is 0 Å². The smallest absolute Gasteiger partial charge is 0.178 e. The standard InChI is InChI=1S/C18H14O/c1-14-5-4-6-15(13-14)9-11-17-12-10-16-7-2-3-8-18(16)19-17/h2-8,10,12-13,17H,1H3. The van der Waals surface area contributed by atoms with E-state index >= 15 is 0 Å². The van der Waals surface area contributed by atoms with Crippen molar-refractivity contribution >= 4 is 6.08 Å². The predicted molar refractivity (Wildman–Crippen MR) is 77.9 cm³/mol. The van der Waals surface area contributed by atoms with Crippen LogP contribution in [0.3, 0.4) is 0 Å². The second kappa shape index (κ2) is 5.04. The van der Waals surface area contributed by atoms with E-state index in [2.05, 4.69) is 37.0 Å². The molecule has 0 spiro atoms. The van der Waals surface area contributed by atoms with Crippen LogP contribution in [0.15, 0.2) is 54.6 Å². The lowest BCUT2D eigenvalue weighted by Gasteiger charge is -2.16. The van der Waals surface area contributed by atoms with Crippen molar-refractivity contribution in [3.63, 3.8) is 0 Å². The van der Waals surface area contributed by atoms with Crippen molar-refractivity contribution in [2.24, 2.45) is 0 Å². The fourth-order valence-electron chi connectivity index (χ4n) is 2.05. The van der Waals surface area contributed by atoms with Gasteiger partial charge in [-0.3, -0.25) is 0 Å². The van der Waals surface area contributed by atoms with Gasteiger partial charge in [0.05, 0.1) is 0 Å². The Bertz CT molecular complexity index is 686. The van der Waals surface area contributed by atoms with Gasteiger partial charge in [-0.2, -0.15) is 0 Å². The summed E-state index contributed by atoms with van der Waals surface area (Å²) in [5.74, 6) is 7.20. The lowest BCUT2D eigenvalue weighted by atomic mass is 10.1. The molecular formula is C18H14O. The molecule has 0 saturated carbocycles. The Morgan fingerprint density at radius 1 is 1.05 bits per heavy atom. The van der Waals surface area contributed by atoms with Crippen LogP contribution >= 0.6 is 0 Å². The van der Waals surface area contributed by atoms with Gasteiger partial charge in [0.25, 0.3) is 0 Å². The molecule has 1 aliphatic heterocycles. The number of ether oxygens (including phenoxy) is 1. The van der Waals surface area contributed by atoms with Crippen molar-refractivity contribution in [3.8, 4) is 17.6 Å². The highest BCUT2D eigenvalue weighted by Gasteiger charge is 2.10. The zero-order valence-electron chi connectivity index (χ0n) is 10.8. The van der Waals surface area contributed by atoms with E-state index in [0.29, 0.717) is 0 Å². The fraction of sp³-hybridized carbons (Fsp3) is 0.111. The van der Waals surface area contributed by atoms with Crippen molar-refractivity contribution in [1.29, 1.82) is 0 Å². The molecule has 0 radical (unpaired) electrons. The summed E-state index contributed by atoms with van der Waals surface area (Å²) in [4.78, 5) is 0. The molecule has 0 aromatic heterocycles. The molecule has 1 aliphatic rings. The van der Waals surface area contributed by atoms with Gasteiger partial charge in [0, 0.05) is 11.1 Å². The molecule has 0 saturated heterocycles. The molecule has 92 valence electrons. The Labute approximate surface area is 113 Å². The highest BCUT2D eigenvalue weighted by Crippen LogP contribution is 2.24. The average molecular weight is 246 g/mol. The molecule has 2 aromatic rings. The highest BCUT2D eigenvalue weighted by molar-refractivity contribution is 5.60. The lowest BCUT2D eigenvalue weighted by molar-refractivity contribution is 0.301. The van der Waals surface area contributed by atoms with Gasteiger partial charge in [-0.25, -0.2) is 0 Å². The van der Waals surface area contributed by atoms with Gasteiger partial charge in [-0.05, 0) is 42.7 Å². The van der Waals surface area contributed by atoms with Crippen LogP contribution in [0, 0.1) is 18.8 Å². The van der Waals surface area contributed by atoms with Crippen molar-refractivity contribution in [3.05, 3.63) is 71.3 Å². The van der Waals surface area contributed by atoms with E-state index < -0.39 is 0 Å². The second-order valence-electron chi connectivity index (χ2n) is 4.57. The molecule has 1 heterocycles. The van der Waals surface area contributed by atoms with Gasteiger partial charge >= 0.3 is 0 Å².